The van der Waals surface area contributed by atoms with Gasteiger partial charge in [0.25, 0.3) is 0 Å². The highest BCUT2D eigenvalue weighted by Crippen LogP contribution is 2.28. The van der Waals surface area contributed by atoms with E-state index in [4.69, 9.17) is 11.5 Å². The lowest BCUT2D eigenvalue weighted by atomic mass is 10.2. The van der Waals surface area contributed by atoms with Crippen molar-refractivity contribution >= 4 is 28.8 Å². The Morgan fingerprint density at radius 1 is 1.16 bits per heavy atom. The van der Waals surface area contributed by atoms with Crippen molar-refractivity contribution in [1.82, 2.24) is 30.0 Å². The number of fused-ring (bicyclic) bond motifs is 1. The molecule has 4 aromatic rings. The van der Waals surface area contributed by atoms with Gasteiger partial charge in [0.15, 0.2) is 11.5 Å². The topological polar surface area (TPSA) is 147 Å². The summed E-state index contributed by atoms with van der Waals surface area (Å²) >= 11 is 0. The standard InChI is InChI=1S/C20H19FN8O2/c1-31-20(30)25-9-13-16(22)26-18(27-17(13)23)15-12-6-4-8-24-19(12)29(28-15)10-11-5-2-3-7-14(11)21/h2-8H,9-10H2,1H3,(H,25,30)(H4,22,23,26,27). The van der Waals surface area contributed by atoms with E-state index in [0.29, 0.717) is 27.9 Å². The van der Waals surface area contributed by atoms with E-state index >= 15 is 0 Å². The molecule has 5 N–H and O–H groups in total. The van der Waals surface area contributed by atoms with Crippen molar-refractivity contribution in [3.05, 3.63) is 59.5 Å². The van der Waals surface area contributed by atoms with Crippen molar-refractivity contribution in [2.75, 3.05) is 18.6 Å². The number of halogens is 1. The Bertz CT molecular complexity index is 1250. The molecular weight excluding hydrogens is 403 g/mol. The van der Waals surface area contributed by atoms with Gasteiger partial charge in [0.2, 0.25) is 0 Å². The third-order valence-electron chi connectivity index (χ3n) is 4.66. The molecule has 0 aliphatic heterocycles. The summed E-state index contributed by atoms with van der Waals surface area (Å²) in [6.45, 7) is 0.181. The third kappa shape index (κ3) is 3.92. The summed E-state index contributed by atoms with van der Waals surface area (Å²) < 4.78 is 20.3. The molecule has 0 radical (unpaired) electrons. The predicted octanol–water partition coefficient (Wildman–Crippen LogP) is 2.10. The third-order valence-corrected chi connectivity index (χ3v) is 4.66. The van der Waals surface area contributed by atoms with Crippen LogP contribution in [0, 0.1) is 5.82 Å². The molecule has 0 aliphatic rings. The molecule has 0 saturated carbocycles. The Balaban J connectivity index is 1.75. The van der Waals surface area contributed by atoms with Crippen LogP contribution < -0.4 is 16.8 Å². The van der Waals surface area contributed by atoms with Gasteiger partial charge in [0.05, 0.1) is 31.1 Å². The van der Waals surface area contributed by atoms with E-state index in [2.05, 4.69) is 30.1 Å². The lowest BCUT2D eigenvalue weighted by Gasteiger charge is -2.10. The van der Waals surface area contributed by atoms with Gasteiger partial charge in [-0.2, -0.15) is 5.10 Å². The Hall–Kier alpha value is -4.28. The molecule has 1 aromatic carbocycles. The van der Waals surface area contributed by atoms with Gasteiger partial charge in [-0.05, 0) is 18.2 Å². The Kier molecular flexibility index (Phi) is 5.31. The summed E-state index contributed by atoms with van der Waals surface area (Å²) in [7, 11) is 1.25. The molecule has 11 heteroatoms. The molecule has 4 rings (SSSR count). The highest BCUT2D eigenvalue weighted by Gasteiger charge is 2.19. The molecule has 31 heavy (non-hydrogen) atoms. The van der Waals surface area contributed by atoms with E-state index in [1.165, 1.54) is 13.2 Å². The van der Waals surface area contributed by atoms with Crippen molar-refractivity contribution in [2.24, 2.45) is 0 Å². The highest BCUT2D eigenvalue weighted by atomic mass is 19.1. The van der Waals surface area contributed by atoms with E-state index < -0.39 is 6.09 Å². The normalized spacial score (nSPS) is 10.9. The van der Waals surface area contributed by atoms with Crippen molar-refractivity contribution < 1.29 is 13.9 Å². The molecule has 158 valence electrons. The maximum absolute atomic E-state index is 14.2. The van der Waals surface area contributed by atoms with Crippen molar-refractivity contribution in [3.63, 3.8) is 0 Å². The molecule has 10 nitrogen and oxygen atoms in total. The number of nitrogen functional groups attached to an aromatic ring is 2. The molecular formula is C20H19FN8O2. The maximum atomic E-state index is 14.2. The van der Waals surface area contributed by atoms with Crippen LogP contribution in [0.4, 0.5) is 20.8 Å². The van der Waals surface area contributed by atoms with Crippen molar-refractivity contribution in [3.8, 4) is 11.5 Å². The van der Waals surface area contributed by atoms with Crippen LogP contribution in [-0.2, 0) is 17.8 Å². The summed E-state index contributed by atoms with van der Waals surface area (Å²) in [5.74, 6) is 0.0529. The fraction of sp³-hybridized carbons (Fsp3) is 0.150. The highest BCUT2D eigenvalue weighted by molar-refractivity contribution is 5.89. The number of hydrogen-bond acceptors (Lipinski definition) is 8. The minimum absolute atomic E-state index is 0.00858. The van der Waals surface area contributed by atoms with Gasteiger partial charge < -0.3 is 21.5 Å². The number of aromatic nitrogens is 5. The number of carbonyl (C=O) groups is 1. The zero-order valence-corrected chi connectivity index (χ0v) is 16.5. The minimum Gasteiger partial charge on any atom is -0.453 e. The fourth-order valence-corrected chi connectivity index (χ4v) is 3.11. The Morgan fingerprint density at radius 3 is 2.61 bits per heavy atom. The second-order valence-corrected chi connectivity index (χ2v) is 6.61. The van der Waals surface area contributed by atoms with Gasteiger partial charge in [0.1, 0.15) is 23.1 Å². The number of hydrogen-bond donors (Lipinski definition) is 3. The number of benzene rings is 1. The van der Waals surface area contributed by atoms with E-state index in [1.807, 2.05) is 6.07 Å². The van der Waals surface area contributed by atoms with Gasteiger partial charge in [-0.1, -0.05) is 18.2 Å². The SMILES string of the molecule is COC(=O)NCc1c(N)nc(-c2nn(Cc3ccccc3F)c3ncccc23)nc1N. The van der Waals surface area contributed by atoms with Crippen LogP contribution in [0.1, 0.15) is 11.1 Å². The summed E-state index contributed by atoms with van der Waals surface area (Å²) in [6.07, 6.45) is 0.989. The lowest BCUT2D eigenvalue weighted by Crippen LogP contribution is -2.24. The summed E-state index contributed by atoms with van der Waals surface area (Å²) in [6, 6.07) is 10.0. The van der Waals surface area contributed by atoms with E-state index in [1.54, 1.807) is 35.1 Å². The van der Waals surface area contributed by atoms with Crippen LogP contribution in [0.3, 0.4) is 0 Å². The van der Waals surface area contributed by atoms with Crippen LogP contribution >= 0.6 is 0 Å². The molecule has 3 aromatic heterocycles. The average Bonchev–Trinajstić information content (AvgIpc) is 3.13. The number of methoxy groups -OCH3 is 1. The number of alkyl carbamates (subject to hydrolysis) is 1. The molecule has 0 aliphatic carbocycles. The Morgan fingerprint density at radius 2 is 1.90 bits per heavy atom. The lowest BCUT2D eigenvalue weighted by molar-refractivity contribution is 0.170. The number of anilines is 2. The fourth-order valence-electron chi connectivity index (χ4n) is 3.11. The minimum atomic E-state index is -0.633. The number of carbonyl (C=O) groups excluding carboxylic acids is 1. The number of nitrogens with zero attached hydrogens (tertiary/aromatic N) is 5. The van der Waals surface area contributed by atoms with Gasteiger partial charge >= 0.3 is 6.09 Å². The monoisotopic (exact) mass is 422 g/mol. The van der Waals surface area contributed by atoms with Crippen molar-refractivity contribution in [1.29, 1.82) is 0 Å². The summed E-state index contributed by atoms with van der Waals surface area (Å²) in [5, 5.41) is 7.71. The van der Waals surface area contributed by atoms with Crippen LogP contribution in [-0.4, -0.2) is 37.9 Å². The van der Waals surface area contributed by atoms with Crippen LogP contribution in [0.25, 0.3) is 22.6 Å². The average molecular weight is 422 g/mol. The number of rotatable bonds is 5. The van der Waals surface area contributed by atoms with E-state index in [-0.39, 0.29) is 36.4 Å². The van der Waals surface area contributed by atoms with E-state index in [0.717, 1.165) is 0 Å². The summed E-state index contributed by atoms with van der Waals surface area (Å²) in [4.78, 5) is 24.3. The summed E-state index contributed by atoms with van der Waals surface area (Å²) in [5.41, 5.74) is 13.9. The second-order valence-electron chi connectivity index (χ2n) is 6.61. The predicted molar refractivity (Wildman–Crippen MR) is 112 cm³/mol. The van der Waals surface area contributed by atoms with Crippen LogP contribution in [0.15, 0.2) is 42.6 Å². The first-order valence-corrected chi connectivity index (χ1v) is 9.27. The molecule has 0 fully saturated rings. The Labute approximate surface area is 176 Å². The first-order valence-electron chi connectivity index (χ1n) is 9.27. The molecule has 0 atom stereocenters. The van der Waals surface area contributed by atoms with Gasteiger partial charge in [-0.3, -0.25) is 0 Å². The smallest absolute Gasteiger partial charge is 0.407 e. The number of ether oxygens (including phenoxy) is 1. The number of nitrogens with two attached hydrogens (primary N) is 2. The van der Waals surface area contributed by atoms with Gasteiger partial charge in [-0.25, -0.2) is 28.8 Å². The van der Waals surface area contributed by atoms with E-state index in [9.17, 15) is 9.18 Å². The maximum Gasteiger partial charge on any atom is 0.407 e. The quantitative estimate of drug-likeness (QED) is 0.443. The van der Waals surface area contributed by atoms with Gasteiger partial charge in [-0.15, -0.1) is 0 Å². The first kappa shape index (κ1) is 20.0. The molecule has 0 unspecified atom stereocenters. The largest absolute Gasteiger partial charge is 0.453 e. The molecule has 0 bridgehead atoms. The van der Waals surface area contributed by atoms with Gasteiger partial charge in [0, 0.05) is 11.8 Å². The zero-order chi connectivity index (χ0) is 22.0. The second kappa shape index (κ2) is 8.22. The number of nitrogens with one attached hydrogen (secondary N) is 1. The number of amides is 1. The molecule has 3 heterocycles. The molecule has 0 spiro atoms. The van der Waals surface area contributed by atoms with Crippen LogP contribution in [0.2, 0.25) is 0 Å². The number of pyridine rings is 1. The van der Waals surface area contributed by atoms with Crippen molar-refractivity contribution in [2.45, 2.75) is 13.1 Å². The molecule has 0 saturated heterocycles. The zero-order valence-electron chi connectivity index (χ0n) is 16.5. The first-order chi connectivity index (χ1) is 15.0. The molecule has 1 amide bonds. The van der Waals surface area contributed by atoms with Crippen LogP contribution in [0.5, 0.6) is 0 Å².